The molecule has 1 atom stereocenters. The molecule has 1 aromatic carbocycles. The third-order valence-electron chi connectivity index (χ3n) is 3.63. The number of aliphatic hydroxyl groups is 1. The topological polar surface area (TPSA) is 104 Å². The number of halogens is 1. The summed E-state index contributed by atoms with van der Waals surface area (Å²) in [6.45, 7) is 5.10. The van der Waals surface area contributed by atoms with E-state index in [2.05, 4.69) is 10.3 Å². The van der Waals surface area contributed by atoms with Gasteiger partial charge in [-0.2, -0.15) is 0 Å². The Kier molecular flexibility index (Phi) is 8.34. The molecule has 0 fully saturated rings. The van der Waals surface area contributed by atoms with Crippen LogP contribution in [0.15, 0.2) is 52.9 Å². The second kappa shape index (κ2) is 9.98. The van der Waals surface area contributed by atoms with Crippen LogP contribution in [0.4, 0.5) is 5.69 Å². The van der Waals surface area contributed by atoms with E-state index in [1.54, 1.807) is 12.2 Å². The van der Waals surface area contributed by atoms with Crippen molar-refractivity contribution in [3.8, 4) is 0 Å². The van der Waals surface area contributed by atoms with Gasteiger partial charge in [0.2, 0.25) is 0 Å². The number of benzene rings is 1. The summed E-state index contributed by atoms with van der Waals surface area (Å²) >= 11 is 0. The Hall–Kier alpha value is -2.15. The van der Waals surface area contributed by atoms with Gasteiger partial charge in [-0.3, -0.25) is 5.41 Å². The molecule has 1 aliphatic carbocycles. The maximum atomic E-state index is 8.86. The van der Waals surface area contributed by atoms with Gasteiger partial charge in [-0.25, -0.2) is 4.99 Å². The molecule has 0 spiro atoms. The minimum atomic E-state index is 0. The molecule has 0 amide bonds. The molecule has 0 bridgehead atoms. The SMILES string of the molecule is CCOC1=CC(=Nc2ccc(C(C)NCCO)cc2)C(=N)C=C1N.Cl. The van der Waals surface area contributed by atoms with Crippen molar-refractivity contribution in [3.63, 3.8) is 0 Å². The molecule has 1 unspecified atom stereocenters. The zero-order valence-corrected chi connectivity index (χ0v) is 15.3. The molecule has 1 aromatic rings. The predicted molar refractivity (Wildman–Crippen MR) is 104 cm³/mol. The lowest BCUT2D eigenvalue weighted by Gasteiger charge is -2.15. The van der Waals surface area contributed by atoms with Gasteiger partial charge in [-0.1, -0.05) is 12.1 Å². The fraction of sp³-hybridized carbons (Fsp3) is 0.333. The number of aliphatic imine (C=N–C) groups is 1. The first kappa shape index (κ1) is 20.9. The van der Waals surface area contributed by atoms with Crippen molar-refractivity contribution in [2.24, 2.45) is 10.7 Å². The van der Waals surface area contributed by atoms with Crippen molar-refractivity contribution in [1.29, 1.82) is 5.41 Å². The zero-order chi connectivity index (χ0) is 17.5. The molecule has 1 aliphatic rings. The largest absolute Gasteiger partial charge is 0.492 e. The monoisotopic (exact) mass is 364 g/mol. The Labute approximate surface area is 154 Å². The summed E-state index contributed by atoms with van der Waals surface area (Å²) in [4.78, 5) is 4.50. The van der Waals surface area contributed by atoms with Gasteiger partial charge in [-0.05, 0) is 37.6 Å². The molecule has 0 saturated heterocycles. The van der Waals surface area contributed by atoms with Gasteiger partial charge < -0.3 is 20.9 Å². The quantitative estimate of drug-likeness (QED) is 0.558. The zero-order valence-electron chi connectivity index (χ0n) is 14.5. The minimum Gasteiger partial charge on any atom is -0.492 e. The van der Waals surface area contributed by atoms with Crippen LogP contribution in [0.25, 0.3) is 0 Å². The summed E-state index contributed by atoms with van der Waals surface area (Å²) in [5, 5.41) is 20.1. The molecule has 2 rings (SSSR count). The van der Waals surface area contributed by atoms with Crippen molar-refractivity contribution >= 4 is 29.5 Å². The van der Waals surface area contributed by atoms with E-state index in [4.69, 9.17) is 21.0 Å². The molecule has 25 heavy (non-hydrogen) atoms. The summed E-state index contributed by atoms with van der Waals surface area (Å²) < 4.78 is 5.46. The summed E-state index contributed by atoms with van der Waals surface area (Å²) in [5.41, 5.74) is 8.95. The molecule has 5 N–H and O–H groups in total. The smallest absolute Gasteiger partial charge is 0.144 e. The van der Waals surface area contributed by atoms with Gasteiger partial charge in [-0.15, -0.1) is 12.4 Å². The Morgan fingerprint density at radius 3 is 2.56 bits per heavy atom. The molecule has 6 nitrogen and oxygen atoms in total. The fourth-order valence-electron chi connectivity index (χ4n) is 2.33. The van der Waals surface area contributed by atoms with Crippen LogP contribution >= 0.6 is 12.4 Å². The van der Waals surface area contributed by atoms with Crippen LogP contribution in [0.2, 0.25) is 0 Å². The van der Waals surface area contributed by atoms with Crippen LogP contribution in [0.3, 0.4) is 0 Å². The Balaban J connectivity index is 0.00000312. The average molecular weight is 365 g/mol. The number of ether oxygens (including phenoxy) is 1. The van der Waals surface area contributed by atoms with E-state index in [1.807, 2.05) is 38.1 Å². The van der Waals surface area contributed by atoms with E-state index in [-0.39, 0.29) is 30.8 Å². The van der Waals surface area contributed by atoms with Crippen molar-refractivity contribution in [3.05, 3.63) is 53.4 Å². The van der Waals surface area contributed by atoms with Crippen molar-refractivity contribution < 1.29 is 9.84 Å². The first-order chi connectivity index (χ1) is 11.5. The van der Waals surface area contributed by atoms with Gasteiger partial charge in [0.05, 0.1) is 36.0 Å². The highest BCUT2D eigenvalue weighted by atomic mass is 35.5. The highest BCUT2D eigenvalue weighted by Gasteiger charge is 2.15. The summed E-state index contributed by atoms with van der Waals surface area (Å²) in [6.07, 6.45) is 3.25. The van der Waals surface area contributed by atoms with Crippen molar-refractivity contribution in [2.75, 3.05) is 19.8 Å². The van der Waals surface area contributed by atoms with Crippen LogP contribution in [-0.2, 0) is 4.74 Å². The maximum absolute atomic E-state index is 8.86. The highest BCUT2D eigenvalue weighted by molar-refractivity contribution is 6.50. The number of allylic oxidation sites excluding steroid dienone is 2. The second-order valence-corrected chi connectivity index (χ2v) is 5.44. The first-order valence-corrected chi connectivity index (χ1v) is 7.99. The average Bonchev–Trinajstić information content (AvgIpc) is 2.57. The van der Waals surface area contributed by atoms with E-state index < -0.39 is 0 Å². The summed E-state index contributed by atoms with van der Waals surface area (Å²) in [5.74, 6) is 0.547. The molecule has 0 heterocycles. The number of hydrogen-bond acceptors (Lipinski definition) is 6. The summed E-state index contributed by atoms with van der Waals surface area (Å²) in [6, 6.07) is 7.93. The van der Waals surface area contributed by atoms with E-state index in [0.29, 0.717) is 30.3 Å². The number of aliphatic hydroxyl groups excluding tert-OH is 1. The Morgan fingerprint density at radius 1 is 1.28 bits per heavy atom. The van der Waals surface area contributed by atoms with Crippen LogP contribution < -0.4 is 11.1 Å². The van der Waals surface area contributed by atoms with Crippen LogP contribution in [0.5, 0.6) is 0 Å². The van der Waals surface area contributed by atoms with Crippen molar-refractivity contribution in [2.45, 2.75) is 19.9 Å². The molecule has 0 aliphatic heterocycles. The molecule has 0 aromatic heterocycles. The second-order valence-electron chi connectivity index (χ2n) is 5.44. The van der Waals surface area contributed by atoms with Gasteiger partial charge in [0, 0.05) is 18.7 Å². The first-order valence-electron chi connectivity index (χ1n) is 7.99. The minimum absolute atomic E-state index is 0. The van der Waals surface area contributed by atoms with Crippen molar-refractivity contribution in [1.82, 2.24) is 5.32 Å². The maximum Gasteiger partial charge on any atom is 0.144 e. The lowest BCUT2D eigenvalue weighted by molar-refractivity contribution is 0.237. The van der Waals surface area contributed by atoms with Crippen LogP contribution in [-0.4, -0.2) is 36.3 Å². The van der Waals surface area contributed by atoms with Gasteiger partial charge >= 0.3 is 0 Å². The number of hydrogen-bond donors (Lipinski definition) is 4. The molecular weight excluding hydrogens is 340 g/mol. The van der Waals surface area contributed by atoms with Crippen LogP contribution in [0.1, 0.15) is 25.5 Å². The lowest BCUT2D eigenvalue weighted by atomic mass is 10.1. The normalized spacial score (nSPS) is 16.8. The van der Waals surface area contributed by atoms with E-state index >= 15 is 0 Å². The molecule has 136 valence electrons. The standard InChI is InChI=1S/C18H24N4O2.ClH/c1-3-24-18-11-17(15(19)10-16(18)20)22-14-6-4-13(5-7-14)12(2)21-8-9-23;/h4-7,10-12,19,21,23H,3,8-9,20H2,1-2H3;1H. The summed E-state index contributed by atoms with van der Waals surface area (Å²) in [7, 11) is 0. The number of nitrogens with zero attached hydrogens (tertiary/aromatic N) is 1. The Bertz CT molecular complexity index is 681. The van der Waals surface area contributed by atoms with E-state index in [1.165, 1.54) is 0 Å². The third kappa shape index (κ3) is 5.70. The highest BCUT2D eigenvalue weighted by Crippen LogP contribution is 2.20. The molecule has 7 heteroatoms. The predicted octanol–water partition coefficient (Wildman–Crippen LogP) is 2.62. The van der Waals surface area contributed by atoms with E-state index in [9.17, 15) is 0 Å². The molecular formula is C18H25ClN4O2. The molecule has 0 radical (unpaired) electrons. The van der Waals surface area contributed by atoms with E-state index in [0.717, 1.165) is 11.3 Å². The third-order valence-corrected chi connectivity index (χ3v) is 3.63. The van der Waals surface area contributed by atoms with Gasteiger partial charge in [0.15, 0.2) is 0 Å². The van der Waals surface area contributed by atoms with Gasteiger partial charge in [0.1, 0.15) is 5.76 Å². The number of rotatable bonds is 7. The Morgan fingerprint density at radius 2 is 1.96 bits per heavy atom. The number of nitrogens with one attached hydrogen (secondary N) is 2. The van der Waals surface area contributed by atoms with Gasteiger partial charge in [0.25, 0.3) is 0 Å². The van der Waals surface area contributed by atoms with Crippen LogP contribution in [0, 0.1) is 5.41 Å². The number of nitrogens with two attached hydrogens (primary N) is 1. The molecule has 0 saturated carbocycles. The fourth-order valence-corrected chi connectivity index (χ4v) is 2.33. The lowest BCUT2D eigenvalue weighted by Crippen LogP contribution is -2.21.